The Labute approximate surface area is 129 Å². The first-order valence-electron chi connectivity index (χ1n) is 6.86. The fourth-order valence-corrected chi connectivity index (χ4v) is 2.08. The van der Waals surface area contributed by atoms with Crippen molar-refractivity contribution in [1.29, 1.82) is 0 Å². The van der Waals surface area contributed by atoms with Crippen LogP contribution >= 0.6 is 0 Å². The maximum absolute atomic E-state index is 13.2. The summed E-state index contributed by atoms with van der Waals surface area (Å²) in [6, 6.07) is 3.07. The number of aliphatic imine (C=N–C) groups is 1. The van der Waals surface area contributed by atoms with Crippen molar-refractivity contribution in [2.75, 3.05) is 18.2 Å². The minimum Gasteiger partial charge on any atom is -0.290 e. The second kappa shape index (κ2) is 6.67. The lowest BCUT2D eigenvalue weighted by molar-refractivity contribution is 0.0745. The molecular weight excluding hydrogens is 312 g/mol. The first kappa shape index (κ1) is 15.3. The van der Waals surface area contributed by atoms with Crippen molar-refractivity contribution in [1.82, 2.24) is 15.8 Å². The number of amidine groups is 1. The van der Waals surface area contributed by atoms with Gasteiger partial charge in [-0.1, -0.05) is 0 Å². The number of aromatic nitrogens is 2. The standard InChI is InChI=1S/C13H13F2N5O3/c14-9-4-3-8(7-10(9)15)16-12(17-21)11-13(19-23-18-11)20-5-1-2-6-22-20/h3-4,7,21H,1-2,5-6H2,(H,16,17). The zero-order chi connectivity index (χ0) is 16.2. The summed E-state index contributed by atoms with van der Waals surface area (Å²) < 4.78 is 30.9. The molecule has 1 aromatic heterocycles. The predicted octanol–water partition coefficient (Wildman–Crippen LogP) is 1.94. The Bertz CT molecular complexity index is 715. The molecule has 2 N–H and O–H groups in total. The minimum atomic E-state index is -1.05. The van der Waals surface area contributed by atoms with Crippen molar-refractivity contribution in [2.45, 2.75) is 12.8 Å². The number of anilines is 1. The zero-order valence-electron chi connectivity index (χ0n) is 11.9. The third-order valence-electron chi connectivity index (χ3n) is 3.18. The highest BCUT2D eigenvalue weighted by Gasteiger charge is 2.24. The first-order valence-corrected chi connectivity index (χ1v) is 6.86. The quantitative estimate of drug-likeness (QED) is 0.506. The second-order valence-electron chi connectivity index (χ2n) is 4.75. The van der Waals surface area contributed by atoms with Gasteiger partial charge >= 0.3 is 0 Å². The number of rotatable bonds is 3. The summed E-state index contributed by atoms with van der Waals surface area (Å²) in [6.45, 7) is 1.10. The van der Waals surface area contributed by atoms with E-state index in [0.717, 1.165) is 25.0 Å². The van der Waals surface area contributed by atoms with Crippen molar-refractivity contribution in [2.24, 2.45) is 4.99 Å². The molecular formula is C13H13F2N5O3. The van der Waals surface area contributed by atoms with Crippen molar-refractivity contribution < 1.29 is 23.5 Å². The monoisotopic (exact) mass is 325 g/mol. The predicted molar refractivity (Wildman–Crippen MR) is 74.3 cm³/mol. The van der Waals surface area contributed by atoms with Gasteiger partial charge in [0, 0.05) is 12.6 Å². The third-order valence-corrected chi connectivity index (χ3v) is 3.18. The molecule has 0 saturated carbocycles. The van der Waals surface area contributed by atoms with Gasteiger partial charge < -0.3 is 0 Å². The molecule has 2 heterocycles. The summed E-state index contributed by atoms with van der Waals surface area (Å²) in [7, 11) is 0. The summed E-state index contributed by atoms with van der Waals surface area (Å²) >= 11 is 0. The van der Waals surface area contributed by atoms with Gasteiger partial charge in [-0.15, -0.1) is 0 Å². The molecule has 1 aliphatic rings. The zero-order valence-corrected chi connectivity index (χ0v) is 11.9. The van der Waals surface area contributed by atoms with Crippen LogP contribution in [0.3, 0.4) is 0 Å². The van der Waals surface area contributed by atoms with Crippen molar-refractivity contribution in [3.63, 3.8) is 0 Å². The van der Waals surface area contributed by atoms with E-state index < -0.39 is 11.6 Å². The first-order chi connectivity index (χ1) is 11.2. The van der Waals surface area contributed by atoms with Crippen molar-refractivity contribution >= 4 is 17.3 Å². The second-order valence-corrected chi connectivity index (χ2v) is 4.75. The number of hydrogen-bond acceptors (Lipinski definition) is 7. The lowest BCUT2D eigenvalue weighted by atomic mass is 10.3. The van der Waals surface area contributed by atoms with E-state index in [1.54, 1.807) is 0 Å². The van der Waals surface area contributed by atoms with Gasteiger partial charge in [-0.2, -0.15) is 0 Å². The molecule has 23 heavy (non-hydrogen) atoms. The molecule has 122 valence electrons. The Kier molecular flexibility index (Phi) is 4.44. The number of benzene rings is 1. The highest BCUT2D eigenvalue weighted by molar-refractivity contribution is 6.01. The Hall–Kier alpha value is -2.59. The van der Waals surface area contributed by atoms with Crippen molar-refractivity contribution in [3.8, 4) is 0 Å². The highest BCUT2D eigenvalue weighted by atomic mass is 19.2. The van der Waals surface area contributed by atoms with Gasteiger partial charge in [-0.05, 0) is 35.3 Å². The Morgan fingerprint density at radius 3 is 2.83 bits per heavy atom. The molecule has 0 bridgehead atoms. The maximum Gasteiger partial charge on any atom is 0.228 e. The van der Waals surface area contributed by atoms with E-state index in [1.807, 2.05) is 5.48 Å². The van der Waals surface area contributed by atoms with Gasteiger partial charge in [-0.3, -0.25) is 15.5 Å². The van der Waals surface area contributed by atoms with Crippen LogP contribution in [-0.2, 0) is 4.84 Å². The van der Waals surface area contributed by atoms with E-state index in [4.69, 9.17) is 4.84 Å². The number of nitrogens with one attached hydrogen (secondary N) is 1. The summed E-state index contributed by atoms with van der Waals surface area (Å²) in [5.41, 5.74) is 2.02. The fourth-order valence-electron chi connectivity index (χ4n) is 2.08. The van der Waals surface area contributed by atoms with Crippen LogP contribution in [-0.4, -0.2) is 34.5 Å². The van der Waals surface area contributed by atoms with E-state index in [9.17, 15) is 14.0 Å². The van der Waals surface area contributed by atoms with Crippen LogP contribution in [0.5, 0.6) is 0 Å². The minimum absolute atomic E-state index is 0.0777. The van der Waals surface area contributed by atoms with Crippen LogP contribution in [0, 0.1) is 11.6 Å². The summed E-state index contributed by atoms with van der Waals surface area (Å²) in [6.07, 6.45) is 1.82. The van der Waals surface area contributed by atoms with Crippen LogP contribution in [0.25, 0.3) is 0 Å². The summed E-state index contributed by atoms with van der Waals surface area (Å²) in [4.78, 5) is 9.42. The van der Waals surface area contributed by atoms with Gasteiger partial charge in [0.25, 0.3) is 0 Å². The Morgan fingerprint density at radius 1 is 1.26 bits per heavy atom. The molecule has 0 radical (unpaired) electrons. The molecule has 0 aliphatic carbocycles. The fraction of sp³-hybridized carbons (Fsp3) is 0.308. The topological polar surface area (TPSA) is 96.0 Å². The summed E-state index contributed by atoms with van der Waals surface area (Å²) in [5.74, 6) is -1.96. The van der Waals surface area contributed by atoms with Crippen LogP contribution in [0.4, 0.5) is 20.3 Å². The smallest absolute Gasteiger partial charge is 0.228 e. The van der Waals surface area contributed by atoms with Crippen LogP contribution in [0.2, 0.25) is 0 Å². The molecule has 0 atom stereocenters. The SMILES string of the molecule is ONC(=Nc1ccc(F)c(F)c1)c1nonc1N1CCCCO1. The van der Waals surface area contributed by atoms with E-state index in [0.29, 0.717) is 13.2 Å². The molecule has 1 aliphatic heterocycles. The average Bonchev–Trinajstić information content (AvgIpc) is 3.06. The largest absolute Gasteiger partial charge is 0.290 e. The summed E-state index contributed by atoms with van der Waals surface area (Å²) in [5, 5.41) is 18.2. The van der Waals surface area contributed by atoms with Crippen LogP contribution < -0.4 is 10.5 Å². The van der Waals surface area contributed by atoms with E-state index >= 15 is 0 Å². The molecule has 2 aromatic rings. The average molecular weight is 325 g/mol. The molecule has 10 heteroatoms. The van der Waals surface area contributed by atoms with Crippen LogP contribution in [0.1, 0.15) is 18.5 Å². The number of halogens is 2. The molecule has 3 rings (SSSR count). The van der Waals surface area contributed by atoms with Crippen molar-refractivity contribution in [3.05, 3.63) is 35.5 Å². The molecule has 1 aromatic carbocycles. The normalized spacial score (nSPS) is 15.8. The Balaban J connectivity index is 1.93. The Morgan fingerprint density at radius 2 is 2.13 bits per heavy atom. The number of hydrogen-bond donors (Lipinski definition) is 2. The van der Waals surface area contributed by atoms with Gasteiger partial charge in [0.1, 0.15) is 0 Å². The van der Waals surface area contributed by atoms with E-state index in [2.05, 4.69) is 19.9 Å². The molecule has 8 nitrogen and oxygen atoms in total. The van der Waals surface area contributed by atoms with Gasteiger partial charge in [0.05, 0.1) is 12.3 Å². The van der Waals surface area contributed by atoms with Gasteiger partial charge in [0.2, 0.25) is 5.82 Å². The highest BCUT2D eigenvalue weighted by Crippen LogP contribution is 2.22. The van der Waals surface area contributed by atoms with Crippen LogP contribution in [0.15, 0.2) is 27.8 Å². The van der Waals surface area contributed by atoms with E-state index in [-0.39, 0.29) is 23.0 Å². The molecule has 0 unspecified atom stereocenters. The molecule has 0 amide bonds. The number of hydroxylamine groups is 2. The maximum atomic E-state index is 13.2. The lowest BCUT2D eigenvalue weighted by Crippen LogP contribution is -2.32. The van der Waals surface area contributed by atoms with Gasteiger partial charge in [0.15, 0.2) is 23.2 Å². The third kappa shape index (κ3) is 3.27. The lowest BCUT2D eigenvalue weighted by Gasteiger charge is -2.25. The molecule has 1 saturated heterocycles. The van der Waals surface area contributed by atoms with E-state index in [1.165, 1.54) is 11.1 Å². The molecule has 0 spiro atoms. The number of nitrogens with zero attached hydrogens (tertiary/aromatic N) is 4. The molecule has 1 fully saturated rings. The van der Waals surface area contributed by atoms with Gasteiger partial charge in [-0.25, -0.2) is 23.5 Å².